The number of aromatic nitrogens is 2. The van der Waals surface area contributed by atoms with Gasteiger partial charge >= 0.3 is 11.9 Å². The van der Waals surface area contributed by atoms with Gasteiger partial charge in [0.15, 0.2) is 16.2 Å². The second-order valence-electron chi connectivity index (χ2n) is 7.16. The van der Waals surface area contributed by atoms with Crippen molar-refractivity contribution >= 4 is 69.1 Å². The molecule has 4 rings (SSSR count). The molecule has 1 unspecified atom stereocenters. The van der Waals surface area contributed by atoms with E-state index < -0.39 is 39.5 Å². The number of carbonyl (C=O) groups excluding carboxylic acids is 2. The number of hydrogen-bond donors (Lipinski definition) is 3. The summed E-state index contributed by atoms with van der Waals surface area (Å²) in [5.41, 5.74) is 7.62. The van der Waals surface area contributed by atoms with Crippen molar-refractivity contribution < 1.29 is 29.0 Å². The number of hydroxylamine groups is 3. The number of thioether (sulfide) groups is 1. The molecule has 2 aromatic rings. The zero-order valence-corrected chi connectivity index (χ0v) is 20.2. The first-order valence-electron chi connectivity index (χ1n) is 9.62. The maximum Gasteiger partial charge on any atom is 0.391 e. The number of nitrogens with zero attached hydrogens (tertiary/aromatic N) is 4. The first kappa shape index (κ1) is 24.0. The molecule has 0 saturated carbocycles. The minimum Gasteiger partial charge on any atom is -0.619 e. The Morgan fingerprint density at radius 1 is 1.41 bits per heavy atom. The molecule has 0 aromatic carbocycles. The zero-order chi connectivity index (χ0) is 24.6. The van der Waals surface area contributed by atoms with Crippen LogP contribution in [0.1, 0.15) is 16.3 Å². The molecule has 12 nitrogen and oxygen atoms in total. The monoisotopic (exact) mass is 522 g/mol. The molecule has 34 heavy (non-hydrogen) atoms. The quantitative estimate of drug-likeness (QED) is 0.158. The Hall–Kier alpha value is -3.11. The van der Waals surface area contributed by atoms with Gasteiger partial charge in [0.05, 0.1) is 11.2 Å². The van der Waals surface area contributed by atoms with Gasteiger partial charge in [-0.1, -0.05) is 23.0 Å². The van der Waals surface area contributed by atoms with E-state index >= 15 is 0 Å². The summed E-state index contributed by atoms with van der Waals surface area (Å²) in [6, 6.07) is -1.21. The minimum absolute atomic E-state index is 0.143. The van der Waals surface area contributed by atoms with Crippen LogP contribution < -0.4 is 11.1 Å². The molecule has 2 aliphatic rings. The van der Waals surface area contributed by atoms with Crippen molar-refractivity contribution in [2.75, 3.05) is 18.6 Å². The third-order valence-corrected chi connectivity index (χ3v) is 8.11. The smallest absolute Gasteiger partial charge is 0.391 e. The van der Waals surface area contributed by atoms with E-state index in [4.69, 9.17) is 10.6 Å². The third-order valence-electron chi connectivity index (χ3n) is 5.15. The molecule has 1 saturated heterocycles. The maximum absolute atomic E-state index is 13.5. The van der Waals surface area contributed by atoms with Crippen molar-refractivity contribution in [1.82, 2.24) is 15.3 Å². The van der Waals surface area contributed by atoms with E-state index in [0.29, 0.717) is 0 Å². The lowest BCUT2D eigenvalue weighted by molar-refractivity contribution is -0.805. The predicted octanol–water partition coefficient (Wildman–Crippen LogP) is 1.31. The predicted molar refractivity (Wildman–Crippen MR) is 127 cm³/mol. The number of carboxylic acid groups (broad SMARTS) is 1. The van der Waals surface area contributed by atoms with Gasteiger partial charge in [-0.2, -0.15) is 0 Å². The Morgan fingerprint density at radius 3 is 2.76 bits per heavy atom. The number of β-lactam (4-membered cyclic amide) rings is 1. The van der Waals surface area contributed by atoms with Gasteiger partial charge < -0.3 is 26.2 Å². The molecule has 2 amide bonds. The van der Waals surface area contributed by atoms with Crippen molar-refractivity contribution in [3.63, 3.8) is 0 Å². The van der Waals surface area contributed by atoms with Crippen molar-refractivity contribution in [2.24, 2.45) is 5.16 Å². The molecular formula is C19H18N6O6S3. The average Bonchev–Trinajstić information content (AvgIpc) is 3.41. The van der Waals surface area contributed by atoms with Crippen LogP contribution in [0.15, 0.2) is 33.4 Å². The Labute approximate surface area is 205 Å². The first-order chi connectivity index (χ1) is 16.2. The number of hydrogen-bond acceptors (Lipinski definition) is 12. The maximum atomic E-state index is 13.5. The highest BCUT2D eigenvalue weighted by Gasteiger charge is 2.65. The summed E-state index contributed by atoms with van der Waals surface area (Å²) in [6.45, 7) is 1.81. The van der Waals surface area contributed by atoms with E-state index in [2.05, 4.69) is 20.4 Å². The van der Waals surface area contributed by atoms with E-state index in [1.807, 2.05) is 6.92 Å². The van der Waals surface area contributed by atoms with Gasteiger partial charge in [0, 0.05) is 21.6 Å². The van der Waals surface area contributed by atoms with Gasteiger partial charge in [-0.05, 0) is 13.0 Å². The molecule has 3 atom stereocenters. The summed E-state index contributed by atoms with van der Waals surface area (Å²) >= 11 is 3.55. The van der Waals surface area contributed by atoms with Crippen LogP contribution >= 0.6 is 34.4 Å². The number of nitrogen functional groups attached to an aromatic ring is 1. The molecule has 2 aromatic heterocycles. The van der Waals surface area contributed by atoms with Crippen molar-refractivity contribution in [2.45, 2.75) is 18.3 Å². The SMILES string of the molecule is CO/N=C(\C(=O)N[C@@H]1C(=O)[N+]2([O-])C(C(=O)O)=C(/C=C\c3scnc3C)CS[C@H]12)c1csc(N)n1. The van der Waals surface area contributed by atoms with Crippen LogP contribution in [0.2, 0.25) is 0 Å². The highest BCUT2D eigenvalue weighted by atomic mass is 32.2. The molecule has 0 radical (unpaired) electrons. The van der Waals surface area contributed by atoms with Gasteiger partial charge in [0.1, 0.15) is 12.8 Å². The van der Waals surface area contributed by atoms with Crippen molar-refractivity contribution in [1.29, 1.82) is 0 Å². The number of oxime groups is 1. The van der Waals surface area contributed by atoms with Gasteiger partial charge in [0.25, 0.3) is 5.91 Å². The fraction of sp³-hybridized carbons (Fsp3) is 0.263. The Bertz CT molecular complexity index is 1270. The molecule has 4 N–H and O–H groups in total. The first-order valence-corrected chi connectivity index (χ1v) is 12.4. The number of amides is 2. The van der Waals surface area contributed by atoms with E-state index in [1.54, 1.807) is 11.6 Å². The number of nitrogens with one attached hydrogen (secondary N) is 1. The normalized spacial score (nSPS) is 24.7. The molecule has 15 heteroatoms. The van der Waals surface area contributed by atoms with E-state index in [9.17, 15) is 24.7 Å². The largest absolute Gasteiger partial charge is 0.619 e. The number of aryl methyl sites for hydroxylation is 1. The van der Waals surface area contributed by atoms with Crippen LogP contribution in [-0.4, -0.2) is 67.5 Å². The fourth-order valence-corrected chi connectivity index (χ4v) is 6.19. The number of anilines is 1. The molecule has 0 bridgehead atoms. The average molecular weight is 523 g/mol. The Kier molecular flexibility index (Phi) is 6.55. The summed E-state index contributed by atoms with van der Waals surface area (Å²) < 4.78 is -1.67. The molecule has 0 aliphatic carbocycles. The molecule has 0 spiro atoms. The van der Waals surface area contributed by atoms with Gasteiger partial charge in [0.2, 0.25) is 11.7 Å². The number of nitrogens with two attached hydrogens (primary N) is 1. The second kappa shape index (κ2) is 9.27. The molecule has 4 heterocycles. The molecule has 178 valence electrons. The highest BCUT2D eigenvalue weighted by molar-refractivity contribution is 8.00. The number of quaternary nitrogens is 1. The Morgan fingerprint density at radius 2 is 2.18 bits per heavy atom. The lowest BCUT2D eigenvalue weighted by atomic mass is 10.0. The van der Waals surface area contributed by atoms with Crippen molar-refractivity contribution in [3.05, 3.63) is 49.7 Å². The molecule has 2 aliphatic heterocycles. The number of thiazole rings is 2. The highest BCUT2D eigenvalue weighted by Crippen LogP contribution is 2.47. The van der Waals surface area contributed by atoms with Gasteiger partial charge in [-0.3, -0.25) is 4.79 Å². The minimum atomic E-state index is -1.67. The molecular weight excluding hydrogens is 504 g/mol. The van der Waals surface area contributed by atoms with Gasteiger partial charge in [-0.25, -0.2) is 24.2 Å². The molecule has 1 fully saturated rings. The fourth-order valence-electron chi connectivity index (χ4n) is 3.57. The van der Waals surface area contributed by atoms with Crippen LogP contribution in [-0.2, 0) is 19.2 Å². The van der Waals surface area contributed by atoms with Crippen LogP contribution in [0.5, 0.6) is 0 Å². The second-order valence-corrected chi connectivity index (χ2v) is 10.0. The lowest BCUT2D eigenvalue weighted by Crippen LogP contribution is -2.79. The van der Waals surface area contributed by atoms with Crippen LogP contribution in [0.4, 0.5) is 5.13 Å². The van der Waals surface area contributed by atoms with E-state index in [-0.39, 0.29) is 27.9 Å². The summed E-state index contributed by atoms with van der Waals surface area (Å²) in [6.07, 6.45) is 3.20. The standard InChI is InChI=1S/C19H18N6O6S3/c1-8-11(34-7-21-8)4-3-9-5-32-17-13(16(27)25(17,30)14(9)18(28)29)23-15(26)12(24-31-2)10-6-33-19(20)22-10/h3-4,6-7,13,17H,5H2,1-2H3,(H2,20,22)(H,23,26)(H,28,29)/b4-3-,24-12-/t13-,17-,25?/m1/s1. The van der Waals surface area contributed by atoms with Gasteiger partial charge in [-0.15, -0.1) is 22.7 Å². The van der Waals surface area contributed by atoms with E-state index in [0.717, 1.165) is 33.7 Å². The van der Waals surface area contributed by atoms with E-state index in [1.165, 1.54) is 29.9 Å². The lowest BCUT2D eigenvalue weighted by Gasteiger charge is -2.57. The van der Waals surface area contributed by atoms with Crippen LogP contribution in [0.3, 0.4) is 0 Å². The number of fused-ring (bicyclic) bond motifs is 1. The number of carbonyl (C=O) groups is 3. The topological polar surface area (TPSA) is 180 Å². The van der Waals surface area contributed by atoms with Crippen LogP contribution in [0, 0.1) is 12.1 Å². The zero-order valence-electron chi connectivity index (χ0n) is 17.8. The number of rotatable bonds is 7. The number of allylic oxidation sites excluding steroid dienone is 1. The van der Waals surface area contributed by atoms with Crippen LogP contribution in [0.25, 0.3) is 6.08 Å². The number of aliphatic carboxylic acids is 1. The van der Waals surface area contributed by atoms with Crippen molar-refractivity contribution in [3.8, 4) is 0 Å². The third kappa shape index (κ3) is 4.01. The Balaban J connectivity index is 1.59. The summed E-state index contributed by atoms with van der Waals surface area (Å²) in [7, 11) is 1.24. The summed E-state index contributed by atoms with van der Waals surface area (Å²) in [5.74, 6) is -3.11. The number of carboxylic acids is 1. The summed E-state index contributed by atoms with van der Waals surface area (Å²) in [5, 5.41) is 30.0. The summed E-state index contributed by atoms with van der Waals surface area (Å²) in [4.78, 5) is 51.4.